The lowest BCUT2D eigenvalue weighted by Gasteiger charge is -2.07. The topological polar surface area (TPSA) is 41.5 Å². The number of benzene rings is 2. The standard InChI is InChI=1S/C12H9ClN2O/c13-11-3-1-2-4-12(11)14-9-5-7-10(15-16)8-6-9/h1-8,14H. The van der Waals surface area contributed by atoms with Crippen LogP contribution in [0.4, 0.5) is 17.1 Å². The van der Waals surface area contributed by atoms with Crippen LogP contribution >= 0.6 is 11.6 Å². The van der Waals surface area contributed by atoms with Gasteiger partial charge in [0.2, 0.25) is 0 Å². The summed E-state index contributed by atoms with van der Waals surface area (Å²) in [7, 11) is 0. The van der Waals surface area contributed by atoms with Crippen LogP contribution in [0.2, 0.25) is 5.02 Å². The average Bonchev–Trinajstić information content (AvgIpc) is 2.33. The molecule has 2 rings (SSSR count). The Morgan fingerprint density at radius 1 is 1.00 bits per heavy atom. The Hall–Kier alpha value is -1.87. The van der Waals surface area contributed by atoms with Crippen LogP contribution in [-0.2, 0) is 0 Å². The number of para-hydroxylation sites is 1. The zero-order valence-corrected chi connectivity index (χ0v) is 9.11. The molecule has 2 aromatic rings. The Labute approximate surface area is 98.0 Å². The van der Waals surface area contributed by atoms with E-state index in [1.54, 1.807) is 24.3 Å². The summed E-state index contributed by atoms with van der Waals surface area (Å²) in [6, 6.07) is 14.3. The van der Waals surface area contributed by atoms with Gasteiger partial charge in [0.05, 0.1) is 10.7 Å². The van der Waals surface area contributed by atoms with E-state index >= 15 is 0 Å². The fourth-order valence-corrected chi connectivity index (χ4v) is 1.51. The average molecular weight is 233 g/mol. The van der Waals surface area contributed by atoms with Crippen LogP contribution in [-0.4, -0.2) is 0 Å². The molecule has 0 aliphatic carbocycles. The highest BCUT2D eigenvalue weighted by Gasteiger charge is 1.99. The number of nitrogens with one attached hydrogen (secondary N) is 1. The lowest BCUT2D eigenvalue weighted by molar-refractivity contribution is 1.48. The molecular weight excluding hydrogens is 224 g/mol. The van der Waals surface area contributed by atoms with E-state index in [0.29, 0.717) is 10.7 Å². The second-order valence-corrected chi connectivity index (χ2v) is 3.65. The van der Waals surface area contributed by atoms with E-state index in [1.165, 1.54) is 0 Å². The van der Waals surface area contributed by atoms with Crippen molar-refractivity contribution in [2.45, 2.75) is 0 Å². The third-order valence-electron chi connectivity index (χ3n) is 2.13. The van der Waals surface area contributed by atoms with Crippen molar-refractivity contribution in [1.82, 2.24) is 0 Å². The van der Waals surface area contributed by atoms with Crippen LogP contribution < -0.4 is 5.32 Å². The normalized spacial score (nSPS) is 9.81. The van der Waals surface area contributed by atoms with Gasteiger partial charge in [0, 0.05) is 5.69 Å². The first kappa shape index (κ1) is 10.6. The van der Waals surface area contributed by atoms with Gasteiger partial charge in [-0.1, -0.05) is 23.7 Å². The van der Waals surface area contributed by atoms with Gasteiger partial charge in [-0.2, -0.15) is 0 Å². The summed E-state index contributed by atoms with van der Waals surface area (Å²) < 4.78 is 0. The Balaban J connectivity index is 2.21. The van der Waals surface area contributed by atoms with E-state index in [-0.39, 0.29) is 0 Å². The molecule has 0 aliphatic rings. The van der Waals surface area contributed by atoms with Gasteiger partial charge in [0.25, 0.3) is 0 Å². The first-order valence-corrected chi connectivity index (χ1v) is 5.12. The SMILES string of the molecule is O=Nc1ccc(Nc2ccccc2Cl)cc1. The molecule has 0 aliphatic heterocycles. The van der Waals surface area contributed by atoms with Gasteiger partial charge in [-0.3, -0.25) is 0 Å². The minimum absolute atomic E-state index is 0.407. The van der Waals surface area contributed by atoms with E-state index in [9.17, 15) is 4.91 Å². The number of hydrogen-bond donors (Lipinski definition) is 1. The Morgan fingerprint density at radius 3 is 2.31 bits per heavy atom. The monoisotopic (exact) mass is 232 g/mol. The zero-order chi connectivity index (χ0) is 11.4. The van der Waals surface area contributed by atoms with Crippen molar-refractivity contribution >= 4 is 28.7 Å². The maximum atomic E-state index is 10.2. The molecule has 4 heteroatoms. The van der Waals surface area contributed by atoms with Crippen LogP contribution in [0.1, 0.15) is 0 Å². The van der Waals surface area contributed by atoms with Gasteiger partial charge in [0.15, 0.2) is 0 Å². The number of nitroso groups, excluding NO2 is 1. The summed E-state index contributed by atoms with van der Waals surface area (Å²) in [6.45, 7) is 0. The second kappa shape index (κ2) is 4.77. The van der Waals surface area contributed by atoms with Gasteiger partial charge in [-0.15, -0.1) is 4.91 Å². The number of anilines is 2. The van der Waals surface area contributed by atoms with Gasteiger partial charge in [-0.25, -0.2) is 0 Å². The van der Waals surface area contributed by atoms with Crippen molar-refractivity contribution < 1.29 is 0 Å². The smallest absolute Gasteiger partial charge is 0.108 e. The van der Waals surface area contributed by atoms with Crippen molar-refractivity contribution in [3.63, 3.8) is 0 Å². The molecule has 0 amide bonds. The van der Waals surface area contributed by atoms with Gasteiger partial charge in [-0.05, 0) is 41.6 Å². The van der Waals surface area contributed by atoms with Crippen molar-refractivity contribution in [3.8, 4) is 0 Å². The Morgan fingerprint density at radius 2 is 1.69 bits per heavy atom. The minimum atomic E-state index is 0.407. The molecule has 80 valence electrons. The number of nitrogens with zero attached hydrogens (tertiary/aromatic N) is 1. The van der Waals surface area contributed by atoms with Crippen molar-refractivity contribution in [2.24, 2.45) is 5.18 Å². The third kappa shape index (κ3) is 2.38. The molecule has 0 atom stereocenters. The molecule has 0 saturated carbocycles. The molecule has 0 radical (unpaired) electrons. The molecule has 0 unspecified atom stereocenters. The van der Waals surface area contributed by atoms with E-state index in [4.69, 9.17) is 11.6 Å². The first-order chi connectivity index (χ1) is 7.79. The second-order valence-electron chi connectivity index (χ2n) is 3.24. The zero-order valence-electron chi connectivity index (χ0n) is 8.35. The Bertz CT molecular complexity index is 497. The van der Waals surface area contributed by atoms with Crippen LogP contribution in [0.5, 0.6) is 0 Å². The third-order valence-corrected chi connectivity index (χ3v) is 2.46. The molecule has 0 aromatic heterocycles. The minimum Gasteiger partial charge on any atom is -0.354 e. The molecular formula is C12H9ClN2O. The largest absolute Gasteiger partial charge is 0.354 e. The van der Waals surface area contributed by atoms with Gasteiger partial charge >= 0.3 is 0 Å². The number of hydrogen-bond acceptors (Lipinski definition) is 3. The summed E-state index contributed by atoms with van der Waals surface area (Å²) in [5.74, 6) is 0. The molecule has 0 heterocycles. The maximum absolute atomic E-state index is 10.2. The summed E-state index contributed by atoms with van der Waals surface area (Å²) in [5.41, 5.74) is 2.10. The lowest BCUT2D eigenvalue weighted by Crippen LogP contribution is -1.89. The quantitative estimate of drug-likeness (QED) is 0.793. The van der Waals surface area contributed by atoms with E-state index < -0.39 is 0 Å². The first-order valence-electron chi connectivity index (χ1n) is 4.74. The number of rotatable bonds is 3. The molecule has 0 saturated heterocycles. The highest BCUT2D eigenvalue weighted by Crippen LogP contribution is 2.25. The fourth-order valence-electron chi connectivity index (χ4n) is 1.32. The fraction of sp³-hybridized carbons (Fsp3) is 0. The molecule has 1 N–H and O–H groups in total. The van der Waals surface area contributed by atoms with E-state index in [0.717, 1.165) is 11.4 Å². The molecule has 2 aromatic carbocycles. The van der Waals surface area contributed by atoms with Gasteiger partial charge in [0.1, 0.15) is 5.69 Å². The highest BCUT2D eigenvalue weighted by atomic mass is 35.5. The van der Waals surface area contributed by atoms with Crippen LogP contribution in [0.15, 0.2) is 53.7 Å². The van der Waals surface area contributed by atoms with Crippen molar-refractivity contribution in [2.75, 3.05) is 5.32 Å². The Kier molecular flexibility index (Phi) is 3.17. The summed E-state index contributed by atoms with van der Waals surface area (Å²) >= 11 is 6.00. The van der Waals surface area contributed by atoms with Crippen molar-refractivity contribution in [3.05, 3.63) is 58.5 Å². The number of halogens is 1. The van der Waals surface area contributed by atoms with Crippen LogP contribution in [0.3, 0.4) is 0 Å². The molecule has 16 heavy (non-hydrogen) atoms. The maximum Gasteiger partial charge on any atom is 0.108 e. The van der Waals surface area contributed by atoms with Crippen LogP contribution in [0, 0.1) is 4.91 Å². The predicted octanol–water partition coefficient (Wildman–Crippen LogP) is 4.48. The summed E-state index contributed by atoms with van der Waals surface area (Å²) in [6.07, 6.45) is 0. The summed E-state index contributed by atoms with van der Waals surface area (Å²) in [4.78, 5) is 10.2. The van der Waals surface area contributed by atoms with E-state index in [2.05, 4.69) is 10.5 Å². The van der Waals surface area contributed by atoms with E-state index in [1.807, 2.05) is 24.3 Å². The van der Waals surface area contributed by atoms with Crippen molar-refractivity contribution in [1.29, 1.82) is 0 Å². The van der Waals surface area contributed by atoms with Gasteiger partial charge < -0.3 is 5.32 Å². The lowest BCUT2D eigenvalue weighted by atomic mass is 10.2. The molecule has 3 nitrogen and oxygen atoms in total. The highest BCUT2D eigenvalue weighted by molar-refractivity contribution is 6.33. The molecule has 0 spiro atoms. The molecule has 0 fully saturated rings. The summed E-state index contributed by atoms with van der Waals surface area (Å²) in [5, 5.41) is 6.63. The molecule has 0 bridgehead atoms. The predicted molar refractivity (Wildman–Crippen MR) is 66.6 cm³/mol. The van der Waals surface area contributed by atoms with Crippen LogP contribution in [0.25, 0.3) is 0 Å².